The molecular formula is C26H24FNO3. The Labute approximate surface area is 181 Å². The molecule has 0 amide bonds. The van der Waals surface area contributed by atoms with Crippen LogP contribution in [0.15, 0.2) is 66.7 Å². The minimum atomic E-state index is -0.551. The van der Waals surface area contributed by atoms with Crippen molar-refractivity contribution in [3.8, 4) is 5.75 Å². The number of aliphatic hydroxyl groups is 1. The number of methoxy groups -OCH3 is 1. The summed E-state index contributed by atoms with van der Waals surface area (Å²) in [5, 5.41) is 9.43. The highest BCUT2D eigenvalue weighted by Gasteiger charge is 2.32. The Kier molecular flexibility index (Phi) is 5.87. The molecule has 1 unspecified atom stereocenters. The maximum atomic E-state index is 14.2. The summed E-state index contributed by atoms with van der Waals surface area (Å²) in [6, 6.07) is 19.9. The van der Waals surface area contributed by atoms with Crippen LogP contribution in [0.25, 0.3) is 11.8 Å². The maximum Gasteiger partial charge on any atom is 0.160 e. The third kappa shape index (κ3) is 4.23. The predicted molar refractivity (Wildman–Crippen MR) is 120 cm³/mol. The highest BCUT2D eigenvalue weighted by atomic mass is 19.1. The number of nitrogens with zero attached hydrogens (tertiary/aromatic N) is 1. The summed E-state index contributed by atoms with van der Waals surface area (Å²) < 4.78 is 19.5. The first-order valence-electron chi connectivity index (χ1n) is 10.1. The van der Waals surface area contributed by atoms with Crippen molar-refractivity contribution in [1.29, 1.82) is 0 Å². The van der Waals surface area contributed by atoms with Gasteiger partial charge in [0.25, 0.3) is 0 Å². The average Bonchev–Trinajstić information content (AvgIpc) is 2.79. The molecule has 4 nitrogen and oxygen atoms in total. The molecule has 0 saturated heterocycles. The van der Waals surface area contributed by atoms with Crippen LogP contribution in [0, 0.1) is 12.7 Å². The van der Waals surface area contributed by atoms with Gasteiger partial charge < -0.3 is 14.7 Å². The molecule has 0 bridgehead atoms. The number of ketones is 1. The summed E-state index contributed by atoms with van der Waals surface area (Å²) in [6.45, 7) is 1.46. The van der Waals surface area contributed by atoms with Gasteiger partial charge in [0.2, 0.25) is 0 Å². The van der Waals surface area contributed by atoms with Crippen molar-refractivity contribution in [2.75, 3.05) is 18.6 Å². The number of hydrogen-bond donors (Lipinski definition) is 1. The molecule has 1 aliphatic rings. The van der Waals surface area contributed by atoms with Crippen LogP contribution in [0.2, 0.25) is 0 Å². The second-order valence-electron chi connectivity index (χ2n) is 7.65. The smallest absolute Gasteiger partial charge is 0.160 e. The Balaban J connectivity index is 1.92. The van der Waals surface area contributed by atoms with Gasteiger partial charge in [-0.05, 0) is 78.2 Å². The van der Waals surface area contributed by atoms with E-state index < -0.39 is 12.6 Å². The van der Waals surface area contributed by atoms with Crippen LogP contribution in [0.5, 0.6) is 5.75 Å². The van der Waals surface area contributed by atoms with Crippen molar-refractivity contribution in [1.82, 2.24) is 0 Å². The number of anilines is 1. The minimum absolute atomic E-state index is 0.0638. The van der Waals surface area contributed by atoms with Crippen LogP contribution >= 0.6 is 0 Å². The minimum Gasteiger partial charge on any atom is -0.497 e. The van der Waals surface area contributed by atoms with Gasteiger partial charge in [-0.2, -0.15) is 0 Å². The van der Waals surface area contributed by atoms with Crippen molar-refractivity contribution in [2.45, 2.75) is 19.4 Å². The van der Waals surface area contributed by atoms with E-state index in [1.807, 2.05) is 61.5 Å². The van der Waals surface area contributed by atoms with Gasteiger partial charge in [0.05, 0.1) is 13.2 Å². The zero-order chi connectivity index (χ0) is 22.0. The molecule has 0 fully saturated rings. The number of rotatable bonds is 6. The van der Waals surface area contributed by atoms with E-state index in [0.29, 0.717) is 0 Å². The second kappa shape index (κ2) is 8.74. The van der Waals surface area contributed by atoms with E-state index in [9.17, 15) is 14.3 Å². The lowest BCUT2D eigenvalue weighted by Crippen LogP contribution is -2.32. The van der Waals surface area contributed by atoms with Crippen molar-refractivity contribution in [3.05, 3.63) is 94.8 Å². The van der Waals surface area contributed by atoms with E-state index in [4.69, 9.17) is 4.74 Å². The summed E-state index contributed by atoms with van der Waals surface area (Å²) in [5.41, 5.74) is 5.41. The Morgan fingerprint density at radius 3 is 2.42 bits per heavy atom. The number of Topliss-reactive ketones (excluding diaryl/α,β-unsaturated/α-hetero) is 1. The van der Waals surface area contributed by atoms with Gasteiger partial charge in [-0.25, -0.2) is 4.39 Å². The third-order valence-electron chi connectivity index (χ3n) is 5.57. The number of carbonyl (C=O) groups is 1. The van der Waals surface area contributed by atoms with E-state index in [0.717, 1.165) is 39.4 Å². The van der Waals surface area contributed by atoms with Crippen LogP contribution in [0.3, 0.4) is 0 Å². The third-order valence-corrected chi connectivity index (χ3v) is 5.57. The van der Waals surface area contributed by atoms with Gasteiger partial charge in [0.1, 0.15) is 18.2 Å². The van der Waals surface area contributed by atoms with Crippen molar-refractivity contribution >= 4 is 23.2 Å². The summed E-state index contributed by atoms with van der Waals surface area (Å²) >= 11 is 0. The molecule has 1 N–H and O–H groups in total. The maximum absolute atomic E-state index is 14.2. The number of aliphatic hydroxyl groups excluding tert-OH is 1. The SMILES string of the molecule is COc1ccc(C2=Cc3ccc(F)cc3C(CC(=O)CO)N2c2ccc(C)cc2)cc1. The quantitative estimate of drug-likeness (QED) is 0.602. The molecule has 0 aliphatic carbocycles. The van der Waals surface area contributed by atoms with Crippen molar-refractivity contribution in [2.24, 2.45) is 0 Å². The highest BCUT2D eigenvalue weighted by molar-refractivity contribution is 5.95. The standard InChI is InChI=1S/C26H24FNO3/c1-17-3-9-21(10-4-17)28-25(18-6-11-23(31-2)12-7-18)13-19-5-8-20(27)14-24(19)26(28)15-22(30)16-29/h3-14,26,29H,15-16H2,1-2H3. The Bertz CT molecular complexity index is 1120. The number of aryl methyl sites for hydroxylation is 1. The molecule has 3 aromatic carbocycles. The van der Waals surface area contributed by atoms with Crippen molar-refractivity contribution in [3.63, 3.8) is 0 Å². The summed E-state index contributed by atoms with van der Waals surface area (Å²) in [4.78, 5) is 14.4. The lowest BCUT2D eigenvalue weighted by atomic mass is 9.88. The summed E-state index contributed by atoms with van der Waals surface area (Å²) in [5.74, 6) is 0.0928. The molecule has 1 aliphatic heterocycles. The first kappa shape index (κ1) is 20.8. The fourth-order valence-corrected chi connectivity index (χ4v) is 3.98. The van der Waals surface area contributed by atoms with Gasteiger partial charge in [-0.1, -0.05) is 23.8 Å². The molecule has 0 radical (unpaired) electrons. The zero-order valence-electron chi connectivity index (χ0n) is 17.5. The van der Waals surface area contributed by atoms with Gasteiger partial charge in [0.15, 0.2) is 5.78 Å². The normalized spacial score (nSPS) is 15.3. The molecule has 1 heterocycles. The molecule has 0 saturated carbocycles. The van der Waals surface area contributed by atoms with Gasteiger partial charge in [0, 0.05) is 17.8 Å². The summed E-state index contributed by atoms with van der Waals surface area (Å²) in [7, 11) is 1.62. The fraction of sp³-hybridized carbons (Fsp3) is 0.192. The molecule has 158 valence electrons. The second-order valence-corrected chi connectivity index (χ2v) is 7.65. The van der Waals surface area contributed by atoms with Crippen LogP contribution in [-0.4, -0.2) is 24.6 Å². The fourth-order valence-electron chi connectivity index (χ4n) is 3.98. The van der Waals surface area contributed by atoms with Gasteiger partial charge in [-0.15, -0.1) is 0 Å². The molecule has 3 aromatic rings. The molecule has 31 heavy (non-hydrogen) atoms. The topological polar surface area (TPSA) is 49.8 Å². The average molecular weight is 417 g/mol. The van der Waals surface area contributed by atoms with Crippen LogP contribution in [0.4, 0.5) is 10.1 Å². The largest absolute Gasteiger partial charge is 0.497 e. The molecule has 4 rings (SSSR count). The van der Waals surface area contributed by atoms with Crippen LogP contribution in [0.1, 0.15) is 34.7 Å². The zero-order valence-corrected chi connectivity index (χ0v) is 17.5. The monoisotopic (exact) mass is 417 g/mol. The van der Waals surface area contributed by atoms with E-state index in [1.54, 1.807) is 13.2 Å². The lowest BCUT2D eigenvalue weighted by Gasteiger charge is -2.39. The number of fused-ring (bicyclic) bond motifs is 1. The number of benzene rings is 3. The van der Waals surface area contributed by atoms with Crippen LogP contribution < -0.4 is 9.64 Å². The Morgan fingerprint density at radius 1 is 1.06 bits per heavy atom. The van der Waals surface area contributed by atoms with Crippen LogP contribution in [-0.2, 0) is 4.79 Å². The summed E-state index contributed by atoms with van der Waals surface area (Å²) in [6.07, 6.45) is 2.07. The molecular weight excluding hydrogens is 393 g/mol. The van der Waals surface area contributed by atoms with Gasteiger partial charge in [-0.3, -0.25) is 4.79 Å². The van der Waals surface area contributed by atoms with E-state index in [1.165, 1.54) is 12.1 Å². The van der Waals surface area contributed by atoms with Gasteiger partial charge >= 0.3 is 0 Å². The molecule has 1 atom stereocenters. The Morgan fingerprint density at radius 2 is 1.77 bits per heavy atom. The van der Waals surface area contributed by atoms with E-state index in [-0.39, 0.29) is 18.0 Å². The first-order chi connectivity index (χ1) is 15.0. The first-order valence-corrected chi connectivity index (χ1v) is 10.1. The predicted octanol–water partition coefficient (Wildman–Crippen LogP) is 5.15. The molecule has 0 aromatic heterocycles. The molecule has 5 heteroatoms. The number of hydrogen-bond acceptors (Lipinski definition) is 4. The number of halogens is 1. The lowest BCUT2D eigenvalue weighted by molar-refractivity contribution is -0.122. The number of carbonyl (C=O) groups excluding carboxylic acids is 1. The molecule has 0 spiro atoms. The van der Waals surface area contributed by atoms with Crippen molar-refractivity contribution < 1.29 is 19.0 Å². The van der Waals surface area contributed by atoms with E-state index >= 15 is 0 Å². The number of ether oxygens (including phenoxy) is 1. The Hall–Kier alpha value is -3.44. The highest BCUT2D eigenvalue weighted by Crippen LogP contribution is 2.44. The van der Waals surface area contributed by atoms with E-state index in [2.05, 4.69) is 4.90 Å².